The average molecular weight is 338 g/mol. The Balaban J connectivity index is 1.65. The van der Waals surface area contributed by atoms with Crippen LogP contribution in [-0.4, -0.2) is 26.2 Å². The lowest BCUT2D eigenvalue weighted by Crippen LogP contribution is -2.22. The summed E-state index contributed by atoms with van der Waals surface area (Å²) in [5.41, 5.74) is 0.816. The lowest BCUT2D eigenvalue weighted by atomic mass is 10.2. The fourth-order valence-corrected chi connectivity index (χ4v) is 2.54. The molecule has 23 heavy (non-hydrogen) atoms. The van der Waals surface area contributed by atoms with Crippen molar-refractivity contribution in [1.82, 2.24) is 5.32 Å². The number of halogens is 1. The number of fused-ring (bicyclic) bond motifs is 1. The molecule has 0 atom stereocenters. The van der Waals surface area contributed by atoms with Crippen LogP contribution >= 0.6 is 11.6 Å². The molecule has 1 N–H and O–H groups in total. The molecular weight excluding hydrogens is 322 g/mol. The molecular formula is C16H16ClNO5. The Morgan fingerprint density at radius 1 is 1.30 bits per heavy atom. The van der Waals surface area contributed by atoms with Crippen molar-refractivity contribution in [3.63, 3.8) is 0 Å². The summed E-state index contributed by atoms with van der Waals surface area (Å²) in [6.07, 6.45) is 0. The van der Waals surface area contributed by atoms with Gasteiger partial charge in [0.05, 0.1) is 5.02 Å². The van der Waals surface area contributed by atoms with Crippen molar-refractivity contribution in [2.75, 3.05) is 20.3 Å². The van der Waals surface area contributed by atoms with Crippen LogP contribution in [-0.2, 0) is 17.9 Å². The van der Waals surface area contributed by atoms with Crippen LogP contribution in [0.3, 0.4) is 0 Å². The minimum Gasteiger partial charge on any atom is -0.486 e. The van der Waals surface area contributed by atoms with Gasteiger partial charge in [0.15, 0.2) is 17.3 Å². The highest BCUT2D eigenvalue weighted by molar-refractivity contribution is 6.32. The van der Waals surface area contributed by atoms with Gasteiger partial charge in [-0.25, -0.2) is 0 Å². The molecule has 6 nitrogen and oxygen atoms in total. The molecule has 0 bridgehead atoms. The minimum absolute atomic E-state index is 0.237. The number of carbonyl (C=O) groups is 1. The molecule has 1 aromatic carbocycles. The van der Waals surface area contributed by atoms with Gasteiger partial charge in [-0.3, -0.25) is 4.79 Å². The number of ether oxygens (including phenoxy) is 3. The fourth-order valence-electron chi connectivity index (χ4n) is 2.26. The van der Waals surface area contributed by atoms with Crippen LogP contribution in [0.5, 0.6) is 11.5 Å². The normalized spacial score (nSPS) is 13.0. The molecule has 1 aliphatic heterocycles. The monoisotopic (exact) mass is 337 g/mol. The molecule has 1 amide bonds. The van der Waals surface area contributed by atoms with E-state index in [9.17, 15) is 4.79 Å². The van der Waals surface area contributed by atoms with Gasteiger partial charge >= 0.3 is 0 Å². The standard InChI is InChI=1S/C16H16ClNO5/c1-20-9-11-2-3-13(23-11)16(19)18-8-10-6-12(17)15-14(7-10)21-4-5-22-15/h2-3,6-7H,4-5,8-9H2,1H3,(H,18,19). The number of benzene rings is 1. The highest BCUT2D eigenvalue weighted by Crippen LogP contribution is 2.38. The van der Waals surface area contributed by atoms with Crippen molar-refractivity contribution in [1.29, 1.82) is 0 Å². The molecule has 1 aromatic heterocycles. The first-order valence-corrected chi connectivity index (χ1v) is 7.49. The quantitative estimate of drug-likeness (QED) is 0.908. The number of rotatable bonds is 5. The predicted octanol–water partition coefficient (Wildman–Crippen LogP) is 2.78. The summed E-state index contributed by atoms with van der Waals surface area (Å²) in [6.45, 7) is 1.58. The van der Waals surface area contributed by atoms with Gasteiger partial charge in [-0.15, -0.1) is 0 Å². The van der Waals surface area contributed by atoms with Gasteiger partial charge in [0.1, 0.15) is 25.6 Å². The third kappa shape index (κ3) is 3.60. The van der Waals surface area contributed by atoms with Gasteiger partial charge in [0.25, 0.3) is 5.91 Å². The summed E-state index contributed by atoms with van der Waals surface area (Å²) in [6, 6.07) is 6.87. The van der Waals surface area contributed by atoms with Crippen LogP contribution in [0.2, 0.25) is 5.02 Å². The van der Waals surface area contributed by atoms with Crippen molar-refractivity contribution in [3.05, 3.63) is 46.4 Å². The number of methoxy groups -OCH3 is 1. The van der Waals surface area contributed by atoms with E-state index in [1.54, 1.807) is 31.4 Å². The molecule has 2 aromatic rings. The zero-order valence-electron chi connectivity index (χ0n) is 12.6. The largest absolute Gasteiger partial charge is 0.486 e. The van der Waals surface area contributed by atoms with Gasteiger partial charge in [-0.2, -0.15) is 0 Å². The molecule has 3 rings (SSSR count). The summed E-state index contributed by atoms with van der Waals surface area (Å²) in [4.78, 5) is 12.1. The van der Waals surface area contributed by atoms with Gasteiger partial charge in [0.2, 0.25) is 0 Å². The van der Waals surface area contributed by atoms with Crippen LogP contribution in [0.15, 0.2) is 28.7 Å². The Morgan fingerprint density at radius 2 is 2.13 bits per heavy atom. The Kier molecular flexibility index (Phi) is 4.73. The summed E-state index contributed by atoms with van der Waals surface area (Å²) in [5.74, 6) is 1.66. The average Bonchev–Trinajstić information content (AvgIpc) is 3.02. The molecule has 0 saturated carbocycles. The molecule has 7 heteroatoms. The maximum absolute atomic E-state index is 12.1. The van der Waals surface area contributed by atoms with E-state index in [2.05, 4.69) is 5.32 Å². The third-order valence-electron chi connectivity index (χ3n) is 3.28. The van der Waals surface area contributed by atoms with Crippen molar-refractivity contribution >= 4 is 17.5 Å². The zero-order chi connectivity index (χ0) is 16.2. The molecule has 122 valence electrons. The first-order valence-electron chi connectivity index (χ1n) is 7.11. The minimum atomic E-state index is -0.307. The Morgan fingerprint density at radius 3 is 2.96 bits per heavy atom. The molecule has 1 aliphatic rings. The van der Waals surface area contributed by atoms with E-state index in [0.29, 0.717) is 48.6 Å². The van der Waals surface area contributed by atoms with Crippen molar-refractivity contribution in [2.45, 2.75) is 13.2 Å². The number of amides is 1. The Hall–Kier alpha value is -2.18. The third-order valence-corrected chi connectivity index (χ3v) is 3.56. The Labute approximate surface area is 138 Å². The fraction of sp³-hybridized carbons (Fsp3) is 0.312. The second kappa shape index (κ2) is 6.93. The van der Waals surface area contributed by atoms with Gasteiger partial charge in [-0.1, -0.05) is 11.6 Å². The van der Waals surface area contributed by atoms with E-state index in [-0.39, 0.29) is 11.7 Å². The second-order valence-corrected chi connectivity index (χ2v) is 5.39. The summed E-state index contributed by atoms with van der Waals surface area (Å²) < 4.78 is 21.3. The molecule has 0 radical (unpaired) electrons. The highest BCUT2D eigenvalue weighted by Gasteiger charge is 2.17. The lowest BCUT2D eigenvalue weighted by molar-refractivity contribution is 0.0914. The smallest absolute Gasteiger partial charge is 0.287 e. The van der Waals surface area contributed by atoms with Crippen LogP contribution in [0.1, 0.15) is 21.9 Å². The number of hydrogen-bond acceptors (Lipinski definition) is 5. The summed E-state index contributed by atoms with van der Waals surface area (Å²) in [5, 5.41) is 3.24. The van der Waals surface area contributed by atoms with E-state index < -0.39 is 0 Å². The van der Waals surface area contributed by atoms with E-state index in [1.165, 1.54) is 0 Å². The second-order valence-electron chi connectivity index (χ2n) is 4.98. The predicted molar refractivity (Wildman–Crippen MR) is 83.0 cm³/mol. The van der Waals surface area contributed by atoms with Gasteiger partial charge in [-0.05, 0) is 29.8 Å². The molecule has 0 spiro atoms. The van der Waals surface area contributed by atoms with Crippen LogP contribution in [0, 0.1) is 0 Å². The van der Waals surface area contributed by atoms with E-state index in [1.807, 2.05) is 0 Å². The first-order chi connectivity index (χ1) is 11.2. The number of carbonyl (C=O) groups excluding carboxylic acids is 1. The topological polar surface area (TPSA) is 69.9 Å². The summed E-state index contributed by atoms with van der Waals surface area (Å²) >= 11 is 6.17. The molecule has 0 saturated heterocycles. The van der Waals surface area contributed by atoms with Crippen LogP contribution in [0.25, 0.3) is 0 Å². The van der Waals surface area contributed by atoms with Crippen LogP contribution < -0.4 is 14.8 Å². The molecule has 0 unspecified atom stereocenters. The van der Waals surface area contributed by atoms with Crippen molar-refractivity contribution in [2.24, 2.45) is 0 Å². The van der Waals surface area contributed by atoms with Crippen molar-refractivity contribution in [3.8, 4) is 11.5 Å². The van der Waals surface area contributed by atoms with E-state index in [4.69, 9.17) is 30.2 Å². The highest BCUT2D eigenvalue weighted by atomic mass is 35.5. The molecule has 0 aliphatic carbocycles. The maximum atomic E-state index is 12.1. The lowest BCUT2D eigenvalue weighted by Gasteiger charge is -2.20. The Bertz CT molecular complexity index is 712. The zero-order valence-corrected chi connectivity index (χ0v) is 13.3. The van der Waals surface area contributed by atoms with Crippen LogP contribution in [0.4, 0.5) is 0 Å². The first kappa shape index (κ1) is 15.7. The molecule has 0 fully saturated rings. The van der Waals surface area contributed by atoms with Gasteiger partial charge in [0, 0.05) is 13.7 Å². The summed E-state index contributed by atoms with van der Waals surface area (Å²) in [7, 11) is 1.56. The molecule has 2 heterocycles. The SMILES string of the molecule is COCc1ccc(C(=O)NCc2cc(Cl)c3c(c2)OCCO3)o1. The number of furan rings is 1. The van der Waals surface area contributed by atoms with Gasteiger partial charge < -0.3 is 23.9 Å². The van der Waals surface area contributed by atoms with E-state index >= 15 is 0 Å². The number of hydrogen-bond donors (Lipinski definition) is 1. The maximum Gasteiger partial charge on any atom is 0.287 e. The van der Waals surface area contributed by atoms with Crippen molar-refractivity contribution < 1.29 is 23.4 Å². The number of nitrogens with one attached hydrogen (secondary N) is 1. The van der Waals surface area contributed by atoms with E-state index in [0.717, 1.165) is 5.56 Å².